The second-order valence-corrected chi connectivity index (χ2v) is 4.44. The van der Waals surface area contributed by atoms with Gasteiger partial charge in [0.25, 0.3) is 0 Å². The van der Waals surface area contributed by atoms with Crippen LogP contribution in [0.5, 0.6) is 0 Å². The molecular formula is C12H22N2O3. The van der Waals surface area contributed by atoms with Gasteiger partial charge >= 0.3 is 0 Å². The summed E-state index contributed by atoms with van der Waals surface area (Å²) in [5.41, 5.74) is 0. The normalized spacial score (nSPS) is 18.1. The molecule has 0 radical (unpaired) electrons. The van der Waals surface area contributed by atoms with E-state index in [9.17, 15) is 14.7 Å². The van der Waals surface area contributed by atoms with Crippen molar-refractivity contribution < 1.29 is 14.7 Å². The van der Waals surface area contributed by atoms with Gasteiger partial charge in [-0.15, -0.1) is 0 Å². The van der Waals surface area contributed by atoms with Crippen molar-refractivity contribution in [2.45, 2.75) is 26.7 Å². The average Bonchev–Trinajstić information content (AvgIpc) is 2.59. The molecule has 0 aromatic carbocycles. The Bertz CT molecular complexity index is 255. The molecule has 2 amide bonds. The maximum absolute atomic E-state index is 11.7. The Balaban J connectivity index is 2.69. The van der Waals surface area contributed by atoms with Gasteiger partial charge in [-0.3, -0.25) is 9.59 Å². The fourth-order valence-electron chi connectivity index (χ4n) is 2.12. The third-order valence-corrected chi connectivity index (χ3v) is 3.17. The first-order valence-corrected chi connectivity index (χ1v) is 6.28. The minimum absolute atomic E-state index is 0.0149. The van der Waals surface area contributed by atoms with E-state index in [1.54, 1.807) is 9.80 Å². The number of hydrogen-bond donors (Lipinski definition) is 1. The number of carbonyl (C=O) groups is 2. The highest BCUT2D eigenvalue weighted by atomic mass is 16.3. The largest absolute Gasteiger partial charge is 0.396 e. The molecule has 5 nitrogen and oxygen atoms in total. The van der Waals surface area contributed by atoms with Crippen LogP contribution in [0, 0.1) is 5.92 Å². The standard InChI is InChI=1S/C12H22N2O3/c1-3-11(16)13-5-6-14(12(17)4-2)8-10(7-13)9-15/h10,15H,3-9H2,1-2H3. The first kappa shape index (κ1) is 14.0. The number of aliphatic hydroxyl groups excluding tert-OH is 1. The Morgan fingerprint density at radius 3 is 1.76 bits per heavy atom. The summed E-state index contributed by atoms with van der Waals surface area (Å²) in [4.78, 5) is 26.8. The van der Waals surface area contributed by atoms with Gasteiger partial charge in [-0.05, 0) is 0 Å². The lowest BCUT2D eigenvalue weighted by atomic mass is 10.1. The van der Waals surface area contributed by atoms with Gasteiger partial charge in [0.05, 0.1) is 0 Å². The van der Waals surface area contributed by atoms with Crippen LogP contribution in [0.2, 0.25) is 0 Å². The van der Waals surface area contributed by atoms with Gasteiger partial charge in [-0.25, -0.2) is 0 Å². The predicted octanol–water partition coefficient (Wildman–Crippen LogP) is 0.0857. The second kappa shape index (κ2) is 6.59. The summed E-state index contributed by atoms with van der Waals surface area (Å²) in [6.45, 7) is 5.93. The molecule has 0 aromatic rings. The van der Waals surface area contributed by atoms with E-state index < -0.39 is 0 Å². The molecule has 1 aliphatic rings. The third-order valence-electron chi connectivity index (χ3n) is 3.17. The van der Waals surface area contributed by atoms with E-state index >= 15 is 0 Å². The van der Waals surface area contributed by atoms with Gasteiger partial charge < -0.3 is 14.9 Å². The molecule has 0 aromatic heterocycles. The number of nitrogens with zero attached hydrogens (tertiary/aromatic N) is 2. The van der Waals surface area contributed by atoms with Crippen LogP contribution in [-0.4, -0.2) is 59.5 Å². The zero-order chi connectivity index (χ0) is 12.8. The number of aliphatic hydroxyl groups is 1. The lowest BCUT2D eigenvalue weighted by Gasteiger charge is -2.22. The van der Waals surface area contributed by atoms with Crippen LogP contribution in [0.1, 0.15) is 26.7 Å². The molecule has 17 heavy (non-hydrogen) atoms. The molecule has 0 aliphatic carbocycles. The predicted molar refractivity (Wildman–Crippen MR) is 64.3 cm³/mol. The minimum Gasteiger partial charge on any atom is -0.396 e. The molecule has 0 atom stereocenters. The Kier molecular flexibility index (Phi) is 5.41. The lowest BCUT2D eigenvalue weighted by Crippen LogP contribution is -2.36. The Hall–Kier alpha value is -1.10. The Morgan fingerprint density at radius 2 is 1.47 bits per heavy atom. The topological polar surface area (TPSA) is 60.9 Å². The molecule has 1 saturated heterocycles. The molecule has 0 saturated carbocycles. The summed E-state index contributed by atoms with van der Waals surface area (Å²) >= 11 is 0. The number of amides is 2. The smallest absolute Gasteiger partial charge is 0.222 e. The van der Waals surface area contributed by atoms with Crippen LogP contribution in [-0.2, 0) is 9.59 Å². The molecule has 0 bridgehead atoms. The van der Waals surface area contributed by atoms with Crippen molar-refractivity contribution in [3.63, 3.8) is 0 Å². The maximum atomic E-state index is 11.7. The molecule has 1 heterocycles. The van der Waals surface area contributed by atoms with E-state index in [-0.39, 0.29) is 24.3 Å². The maximum Gasteiger partial charge on any atom is 0.222 e. The van der Waals surface area contributed by atoms with Gasteiger partial charge in [0.15, 0.2) is 0 Å². The van der Waals surface area contributed by atoms with Crippen LogP contribution in [0.25, 0.3) is 0 Å². The van der Waals surface area contributed by atoms with Gasteiger partial charge in [0.2, 0.25) is 11.8 Å². The van der Waals surface area contributed by atoms with Gasteiger partial charge in [-0.2, -0.15) is 0 Å². The molecule has 1 N–H and O–H groups in total. The summed E-state index contributed by atoms with van der Waals surface area (Å²) in [7, 11) is 0. The summed E-state index contributed by atoms with van der Waals surface area (Å²) in [5.74, 6) is 0.159. The van der Waals surface area contributed by atoms with Crippen molar-refractivity contribution >= 4 is 11.8 Å². The van der Waals surface area contributed by atoms with Gasteiger partial charge in [0.1, 0.15) is 0 Å². The van der Waals surface area contributed by atoms with Gasteiger partial charge in [0, 0.05) is 51.5 Å². The Morgan fingerprint density at radius 1 is 1.06 bits per heavy atom. The van der Waals surface area contributed by atoms with Crippen molar-refractivity contribution in [1.82, 2.24) is 9.80 Å². The van der Waals surface area contributed by atoms with Crippen LogP contribution < -0.4 is 0 Å². The van der Waals surface area contributed by atoms with E-state index in [0.29, 0.717) is 39.0 Å². The highest BCUT2D eigenvalue weighted by molar-refractivity contribution is 5.77. The molecule has 0 unspecified atom stereocenters. The number of hydrogen-bond acceptors (Lipinski definition) is 3. The van der Waals surface area contributed by atoms with Crippen molar-refractivity contribution in [1.29, 1.82) is 0 Å². The molecule has 5 heteroatoms. The number of rotatable bonds is 3. The minimum atomic E-state index is -0.0245. The monoisotopic (exact) mass is 242 g/mol. The summed E-state index contributed by atoms with van der Waals surface area (Å²) < 4.78 is 0. The molecular weight excluding hydrogens is 220 g/mol. The van der Waals surface area contributed by atoms with E-state index in [1.807, 2.05) is 13.8 Å². The highest BCUT2D eigenvalue weighted by Crippen LogP contribution is 2.11. The quantitative estimate of drug-likeness (QED) is 0.762. The molecule has 0 spiro atoms. The van der Waals surface area contributed by atoms with E-state index in [1.165, 1.54) is 0 Å². The average molecular weight is 242 g/mol. The van der Waals surface area contributed by atoms with E-state index in [0.717, 1.165) is 0 Å². The van der Waals surface area contributed by atoms with Crippen molar-refractivity contribution in [2.75, 3.05) is 32.8 Å². The third kappa shape index (κ3) is 3.70. The molecule has 1 aliphatic heterocycles. The van der Waals surface area contributed by atoms with Crippen LogP contribution >= 0.6 is 0 Å². The zero-order valence-electron chi connectivity index (χ0n) is 10.7. The van der Waals surface area contributed by atoms with Crippen LogP contribution in [0.3, 0.4) is 0 Å². The van der Waals surface area contributed by atoms with Crippen LogP contribution in [0.4, 0.5) is 0 Å². The zero-order valence-corrected chi connectivity index (χ0v) is 10.7. The fraction of sp³-hybridized carbons (Fsp3) is 0.833. The fourth-order valence-corrected chi connectivity index (χ4v) is 2.12. The molecule has 1 rings (SSSR count). The Labute approximate surface area is 102 Å². The first-order valence-electron chi connectivity index (χ1n) is 6.28. The summed E-state index contributed by atoms with van der Waals surface area (Å²) in [5, 5.41) is 9.28. The molecule has 1 fully saturated rings. The number of carbonyl (C=O) groups excluding carboxylic acids is 2. The van der Waals surface area contributed by atoms with Crippen molar-refractivity contribution in [2.24, 2.45) is 5.92 Å². The van der Waals surface area contributed by atoms with E-state index in [4.69, 9.17) is 0 Å². The first-order chi connectivity index (χ1) is 8.12. The second-order valence-electron chi connectivity index (χ2n) is 4.44. The lowest BCUT2D eigenvalue weighted by molar-refractivity contribution is -0.133. The van der Waals surface area contributed by atoms with E-state index in [2.05, 4.69) is 0 Å². The summed E-state index contributed by atoms with van der Waals surface area (Å²) in [6.07, 6.45) is 0.944. The van der Waals surface area contributed by atoms with Crippen molar-refractivity contribution in [3.8, 4) is 0 Å². The van der Waals surface area contributed by atoms with Crippen molar-refractivity contribution in [3.05, 3.63) is 0 Å². The SMILES string of the molecule is CCC(=O)N1CCN(C(=O)CC)CC(CO)C1. The van der Waals surface area contributed by atoms with Crippen LogP contribution in [0.15, 0.2) is 0 Å². The highest BCUT2D eigenvalue weighted by Gasteiger charge is 2.26. The van der Waals surface area contributed by atoms with Gasteiger partial charge in [-0.1, -0.05) is 13.8 Å². The summed E-state index contributed by atoms with van der Waals surface area (Å²) in [6, 6.07) is 0. The molecule has 98 valence electrons.